The van der Waals surface area contributed by atoms with Crippen molar-refractivity contribution in [1.29, 1.82) is 0 Å². The van der Waals surface area contributed by atoms with Crippen molar-refractivity contribution in [2.24, 2.45) is 0 Å². The Labute approximate surface area is 681 Å². The van der Waals surface area contributed by atoms with Gasteiger partial charge in [0.05, 0.1) is 80.4 Å². The van der Waals surface area contributed by atoms with E-state index in [-0.39, 0.29) is 47.1 Å². The molecule has 628 valence electrons. The Morgan fingerprint density at radius 2 is 0.689 bits per heavy atom. The summed E-state index contributed by atoms with van der Waals surface area (Å²) in [6.45, 7) is 14.1. The number of fused-ring (bicyclic) bond motifs is 4. The van der Waals surface area contributed by atoms with Crippen LogP contribution in [0.2, 0.25) is 0 Å². The molecule has 20 rings (SSSR count). The quantitative estimate of drug-likeness (QED) is 0.0619. The van der Waals surface area contributed by atoms with E-state index in [1.54, 1.807) is 61.6 Å². The number of piperazine rings is 2. The second-order valence-corrected chi connectivity index (χ2v) is 29.4. The minimum Gasteiger partial charge on any atom is -0.356 e. The summed E-state index contributed by atoms with van der Waals surface area (Å²) in [4.78, 5) is 81.6. The maximum absolute atomic E-state index is 13.1. The monoisotopic (exact) mass is 1690 g/mol. The van der Waals surface area contributed by atoms with Crippen molar-refractivity contribution in [3.05, 3.63) is 217 Å². The first-order chi connectivity index (χ1) is 58.6. The molecule has 0 spiro atoms. The van der Waals surface area contributed by atoms with Crippen molar-refractivity contribution >= 4 is 45.9 Å². The van der Waals surface area contributed by atoms with Gasteiger partial charge in [-0.05, 0) is 70.9 Å². The van der Waals surface area contributed by atoms with Crippen molar-refractivity contribution in [2.45, 2.75) is 101 Å². The number of imidazole rings is 5. The van der Waals surface area contributed by atoms with Gasteiger partial charge in [-0.3, -0.25) is 32.9 Å². The van der Waals surface area contributed by atoms with Crippen LogP contribution in [0.4, 0.5) is 76.0 Å². The summed E-state index contributed by atoms with van der Waals surface area (Å²) in [5.74, 6) is 4.66. The van der Waals surface area contributed by atoms with Crippen LogP contribution in [0, 0.1) is 13.8 Å². The summed E-state index contributed by atoms with van der Waals surface area (Å²) < 4.78 is 162. The summed E-state index contributed by atoms with van der Waals surface area (Å²) in [6, 6.07) is 9.66. The molecule has 6 unspecified atom stereocenters. The molecule has 4 saturated heterocycles. The third kappa shape index (κ3) is 17.0. The van der Waals surface area contributed by atoms with E-state index in [4.69, 9.17) is 0 Å². The Morgan fingerprint density at radius 3 is 0.992 bits per heavy atom. The lowest BCUT2D eigenvalue weighted by Gasteiger charge is -2.38. The van der Waals surface area contributed by atoms with E-state index in [0.717, 1.165) is 147 Å². The zero-order valence-electron chi connectivity index (χ0n) is 64.6. The van der Waals surface area contributed by atoms with E-state index >= 15 is 0 Å². The second kappa shape index (κ2) is 32.6. The van der Waals surface area contributed by atoms with Gasteiger partial charge in [0.2, 0.25) is 0 Å². The van der Waals surface area contributed by atoms with E-state index in [2.05, 4.69) is 164 Å². The van der Waals surface area contributed by atoms with Gasteiger partial charge in [0.1, 0.15) is 46.0 Å². The number of nitrogens with zero attached hydrogens (tertiary/aromatic N) is 28. The molecule has 0 radical (unpaired) electrons. The van der Waals surface area contributed by atoms with Crippen molar-refractivity contribution in [3.8, 4) is 46.1 Å². The Morgan fingerprint density at radius 1 is 0.344 bits per heavy atom. The van der Waals surface area contributed by atoms with Crippen LogP contribution in [0.25, 0.3) is 68.7 Å². The van der Waals surface area contributed by atoms with Crippen LogP contribution >= 0.6 is 0 Å². The molecule has 0 aromatic carbocycles. The predicted octanol–water partition coefficient (Wildman–Crippen LogP) is 11.4. The van der Waals surface area contributed by atoms with Crippen LogP contribution in [0.3, 0.4) is 0 Å². The van der Waals surface area contributed by atoms with Gasteiger partial charge >= 0.3 is 24.7 Å². The van der Waals surface area contributed by atoms with Gasteiger partial charge in [0.15, 0.2) is 68.7 Å². The van der Waals surface area contributed by atoms with Crippen LogP contribution in [-0.4, -0.2) is 202 Å². The fourth-order valence-electron chi connectivity index (χ4n) is 15.1. The molecule has 0 aliphatic carbocycles. The number of hydrogen-bond donors (Lipinski definition) is 6. The Bertz CT molecular complexity index is 5970. The topological polar surface area (TPSA) is 376 Å². The van der Waals surface area contributed by atoms with Crippen molar-refractivity contribution < 1.29 is 52.7 Å². The Hall–Kier alpha value is -14.1. The minimum atomic E-state index is -4.56. The third-order valence-electron chi connectivity index (χ3n) is 21.1. The van der Waals surface area contributed by atoms with Gasteiger partial charge < -0.3 is 35.2 Å². The lowest BCUT2D eigenvalue weighted by atomic mass is 10.0. The summed E-state index contributed by atoms with van der Waals surface area (Å²) in [6.07, 6.45) is 12.8. The molecule has 0 amide bonds. The minimum absolute atomic E-state index is 0.0622. The SMILES string of the molecule is Cc1[nH]ncc1C1CN(c2ccnc(-c3cnc4cnc(C(F)(F)F)cn34)n2)CC(C)N1.Cc1[nH]ncc1C1CN(c2ccnc(-c3cnc4cnc(C(F)(F)F)cn34)n2)CC(C)N1.FC(F)(F)c1cn2c(-c3nccc(N4CCC(c5ccn[nH]5)C4)n3)cnc2cn1.FC(F)(F)c1cn2c(-c3nccc(N4CCC(c5cnc[nH]5)C4)n3)cnc2cn1. The summed E-state index contributed by atoms with van der Waals surface area (Å²) in [5, 5.41) is 28.3. The van der Waals surface area contributed by atoms with Gasteiger partial charge in [-0.15, -0.1) is 0 Å². The molecule has 46 heteroatoms. The highest BCUT2D eigenvalue weighted by molar-refractivity contribution is 5.63. The highest BCUT2D eigenvalue weighted by Gasteiger charge is 2.39. The largest absolute Gasteiger partial charge is 0.434 e. The predicted molar refractivity (Wildman–Crippen MR) is 414 cm³/mol. The summed E-state index contributed by atoms with van der Waals surface area (Å²) >= 11 is 0. The van der Waals surface area contributed by atoms with Crippen molar-refractivity contribution in [1.82, 2.24) is 149 Å². The first kappa shape index (κ1) is 80.3. The van der Waals surface area contributed by atoms with Gasteiger partial charge in [0.25, 0.3) is 0 Å². The zero-order valence-corrected chi connectivity index (χ0v) is 64.6. The molecule has 0 bridgehead atoms. The van der Waals surface area contributed by atoms with Crippen molar-refractivity contribution in [3.63, 3.8) is 0 Å². The standard InChI is InChI=1S/2C20H20F3N9.2C18H15F3N8/c2*1-11-8-31(9-14(28-11)13-5-27-30-12(13)2)17-3-4-24-19(29-17)15-6-26-18-7-25-16(10-32(15)18)20(21,22)23;19-18(20,21)14-10-29-13(7-24-16(29)8-23-14)17-22-4-2-15(26-17)28-6-3-11(9-28)12-1-5-25-27-12;19-18(20,21)14-9-29-13(6-25-16(29)7-24-14)17-23-3-1-15(27-17)28-4-2-11(8-28)12-5-22-10-26-12/h2*3-7,10-11,14,28H,8-9H2,1-2H3,(H,27,30);1-2,4-5,7-8,10-11H,3,6,9H2,(H,25,27);1,3,5-7,9-11H,2,4,8H2,(H,22,26). The molecule has 4 aliphatic rings. The number of H-pyrrole nitrogens is 4. The van der Waals surface area contributed by atoms with E-state index in [0.29, 0.717) is 82.3 Å². The number of hydrogen-bond acceptors (Lipinski definition) is 26. The van der Waals surface area contributed by atoms with Crippen LogP contribution in [0.1, 0.15) is 107 Å². The number of aromatic amines is 4. The van der Waals surface area contributed by atoms with Gasteiger partial charge in [-0.2, -0.15) is 68.0 Å². The summed E-state index contributed by atoms with van der Waals surface area (Å²) in [5.41, 5.74) is 4.96. The van der Waals surface area contributed by atoms with E-state index in [1.165, 1.54) is 42.4 Å². The number of aryl methyl sites for hydroxylation is 2. The molecule has 4 aliphatic heterocycles. The second-order valence-electron chi connectivity index (χ2n) is 29.4. The average Bonchev–Trinajstić information content (AvgIpc) is 1.63. The van der Waals surface area contributed by atoms with Gasteiger partial charge in [-0.25, -0.2) is 84.7 Å². The Balaban J connectivity index is 0.000000116. The highest BCUT2D eigenvalue weighted by atomic mass is 19.4. The molecule has 4 fully saturated rings. The molecule has 0 saturated carbocycles. The average molecular weight is 1690 g/mol. The normalized spacial score (nSPS) is 18.5. The van der Waals surface area contributed by atoms with Gasteiger partial charge in [-0.1, -0.05) is 0 Å². The Kier molecular flexibility index (Phi) is 21.4. The number of alkyl halides is 12. The molecule has 16 aromatic heterocycles. The van der Waals surface area contributed by atoms with E-state index in [9.17, 15) is 52.7 Å². The molecule has 34 nitrogen and oxygen atoms in total. The molecular weight excluding hydrogens is 1620 g/mol. The lowest BCUT2D eigenvalue weighted by Crippen LogP contribution is -2.51. The molecular formula is C76H70F12N34. The van der Waals surface area contributed by atoms with Crippen LogP contribution in [0.5, 0.6) is 0 Å². The maximum atomic E-state index is 13.1. The number of anilines is 4. The molecule has 20 heterocycles. The molecule has 6 atom stereocenters. The first-order valence-electron chi connectivity index (χ1n) is 38.0. The van der Waals surface area contributed by atoms with Crippen LogP contribution < -0.4 is 30.2 Å². The molecule has 6 N–H and O–H groups in total. The lowest BCUT2D eigenvalue weighted by molar-refractivity contribution is -0.142. The fourth-order valence-corrected chi connectivity index (χ4v) is 15.1. The number of rotatable bonds is 12. The van der Waals surface area contributed by atoms with Crippen LogP contribution in [0.15, 0.2) is 161 Å². The smallest absolute Gasteiger partial charge is 0.356 e. The van der Waals surface area contributed by atoms with Crippen LogP contribution in [-0.2, 0) is 24.7 Å². The molecule has 16 aromatic rings. The first-order valence-corrected chi connectivity index (χ1v) is 38.0. The molecule has 122 heavy (non-hydrogen) atoms. The number of aromatic nitrogens is 28. The van der Waals surface area contributed by atoms with E-state index < -0.39 is 47.5 Å². The highest BCUT2D eigenvalue weighted by Crippen LogP contribution is 2.38. The number of nitrogens with one attached hydrogen (secondary N) is 6. The zero-order chi connectivity index (χ0) is 84.9. The van der Waals surface area contributed by atoms with Gasteiger partial charge in [0, 0.05) is 172 Å². The maximum Gasteiger partial charge on any atom is 0.434 e. The third-order valence-corrected chi connectivity index (χ3v) is 21.1. The fraction of sp³-hybridized carbons (Fsp3) is 0.316. The van der Waals surface area contributed by atoms with E-state index in [1.807, 2.05) is 38.5 Å². The summed E-state index contributed by atoms with van der Waals surface area (Å²) in [7, 11) is 0. The van der Waals surface area contributed by atoms with Crippen molar-refractivity contribution in [2.75, 3.05) is 72.0 Å². The number of halogens is 12.